The van der Waals surface area contributed by atoms with Gasteiger partial charge >= 0.3 is 0 Å². The Morgan fingerprint density at radius 2 is 1.29 bits per heavy atom. The highest BCUT2D eigenvalue weighted by Crippen LogP contribution is 2.07. The zero-order valence-corrected chi connectivity index (χ0v) is 12.4. The molecule has 2 N–H and O–H groups in total. The third-order valence-corrected chi connectivity index (χ3v) is 2.35. The van der Waals surface area contributed by atoms with E-state index in [1.807, 2.05) is 27.7 Å². The Morgan fingerprint density at radius 1 is 0.824 bits per heavy atom. The van der Waals surface area contributed by atoms with E-state index < -0.39 is 0 Å². The van der Waals surface area contributed by atoms with E-state index in [0.29, 0.717) is 0 Å². The summed E-state index contributed by atoms with van der Waals surface area (Å²) in [6, 6.07) is 8.90. The van der Waals surface area contributed by atoms with Crippen molar-refractivity contribution in [3.63, 3.8) is 0 Å². The summed E-state index contributed by atoms with van der Waals surface area (Å²) in [5, 5.41) is 0. The molecule has 1 rings (SSSR count). The quantitative estimate of drug-likeness (QED) is 0.745. The summed E-state index contributed by atoms with van der Waals surface area (Å²) in [6.45, 7) is 11.0. The van der Waals surface area contributed by atoms with Crippen LogP contribution in [0.3, 0.4) is 0 Å². The fourth-order valence-electron chi connectivity index (χ4n) is 1.42. The first kappa shape index (κ1) is 18.5. The first-order valence-corrected chi connectivity index (χ1v) is 7.14. The first-order chi connectivity index (χ1) is 8.36. The van der Waals surface area contributed by atoms with Crippen molar-refractivity contribution in [2.45, 2.75) is 60.3 Å². The lowest BCUT2D eigenvalue weighted by Gasteiger charge is -2.01. The summed E-state index contributed by atoms with van der Waals surface area (Å²) < 4.78 is 0. The Balaban J connectivity index is 0. The molecule has 0 aliphatic heterocycles. The van der Waals surface area contributed by atoms with Crippen LogP contribution in [-0.2, 0) is 12.8 Å². The maximum Gasteiger partial charge on any atom is -0.00772 e. The third kappa shape index (κ3) is 10.1. The molecule has 1 nitrogen and oxygen atoms in total. The summed E-state index contributed by atoms with van der Waals surface area (Å²) in [7, 11) is 0. The number of hydrogen-bond acceptors (Lipinski definition) is 1. The molecule has 1 aromatic rings. The molecule has 0 atom stereocenters. The molecule has 0 unspecified atom stereocenters. The van der Waals surface area contributed by atoms with E-state index in [2.05, 4.69) is 31.2 Å². The van der Waals surface area contributed by atoms with Crippen LogP contribution in [0.5, 0.6) is 0 Å². The van der Waals surface area contributed by atoms with Crippen LogP contribution in [-0.4, -0.2) is 6.54 Å². The molecule has 0 spiro atoms. The zero-order valence-electron chi connectivity index (χ0n) is 12.4. The Morgan fingerprint density at radius 3 is 1.71 bits per heavy atom. The smallest absolute Gasteiger partial charge is 0.00772 e. The van der Waals surface area contributed by atoms with Gasteiger partial charge in [-0.2, -0.15) is 0 Å². The van der Waals surface area contributed by atoms with Gasteiger partial charge in [0.15, 0.2) is 0 Å². The molecule has 100 valence electrons. The fourth-order valence-corrected chi connectivity index (χ4v) is 1.42. The molecule has 0 bridgehead atoms. The van der Waals surface area contributed by atoms with Gasteiger partial charge in [-0.05, 0) is 43.4 Å². The highest BCUT2D eigenvalue weighted by atomic mass is 14.5. The number of unbranched alkanes of at least 4 members (excludes halogenated alkanes) is 1. The first-order valence-electron chi connectivity index (χ1n) is 7.14. The number of nitrogens with two attached hydrogens (primary N) is 1. The van der Waals surface area contributed by atoms with Crippen LogP contribution in [0.4, 0.5) is 0 Å². The van der Waals surface area contributed by atoms with Gasteiger partial charge in [-0.15, -0.1) is 0 Å². The largest absolute Gasteiger partial charge is 0.330 e. The Hall–Kier alpha value is -0.820. The Kier molecular flexibility index (Phi) is 16.6. The van der Waals surface area contributed by atoms with Crippen LogP contribution in [0.15, 0.2) is 24.3 Å². The van der Waals surface area contributed by atoms with Crippen LogP contribution in [0.2, 0.25) is 0 Å². The van der Waals surface area contributed by atoms with Gasteiger partial charge in [0.25, 0.3) is 0 Å². The van der Waals surface area contributed by atoms with Gasteiger partial charge in [0.2, 0.25) is 0 Å². The molecule has 0 saturated heterocycles. The standard InChI is InChI=1S/C12H19N.2C2H6/c1-2-11-6-8-12(9-7-11)5-3-4-10-13;2*1-2/h6-9H,2-5,10,13H2,1H3;2*1-2H3. The fraction of sp³-hybridized carbons (Fsp3) is 0.625. The predicted octanol–water partition coefficient (Wildman–Crippen LogP) is 4.58. The van der Waals surface area contributed by atoms with Crippen molar-refractivity contribution in [3.8, 4) is 0 Å². The number of benzene rings is 1. The van der Waals surface area contributed by atoms with Crippen molar-refractivity contribution >= 4 is 0 Å². The van der Waals surface area contributed by atoms with E-state index in [1.54, 1.807) is 0 Å². The van der Waals surface area contributed by atoms with E-state index in [9.17, 15) is 0 Å². The number of aryl methyl sites for hydroxylation is 2. The van der Waals surface area contributed by atoms with Crippen LogP contribution < -0.4 is 5.73 Å². The highest BCUT2D eigenvalue weighted by molar-refractivity contribution is 5.22. The van der Waals surface area contributed by atoms with Crippen molar-refractivity contribution in [3.05, 3.63) is 35.4 Å². The SMILES string of the molecule is CC.CC.CCc1ccc(CCCCN)cc1. The minimum absolute atomic E-state index is 0.813. The van der Waals surface area contributed by atoms with E-state index in [1.165, 1.54) is 24.0 Å². The Labute approximate surface area is 108 Å². The average molecular weight is 237 g/mol. The van der Waals surface area contributed by atoms with Gasteiger partial charge in [0.1, 0.15) is 0 Å². The summed E-state index contributed by atoms with van der Waals surface area (Å²) >= 11 is 0. The average Bonchev–Trinajstić information content (AvgIpc) is 2.44. The summed E-state index contributed by atoms with van der Waals surface area (Å²) in [6.07, 6.45) is 4.64. The van der Waals surface area contributed by atoms with Crippen LogP contribution in [0.1, 0.15) is 58.6 Å². The van der Waals surface area contributed by atoms with Gasteiger partial charge in [-0.3, -0.25) is 0 Å². The van der Waals surface area contributed by atoms with Crippen molar-refractivity contribution in [1.29, 1.82) is 0 Å². The van der Waals surface area contributed by atoms with E-state index in [-0.39, 0.29) is 0 Å². The minimum Gasteiger partial charge on any atom is -0.330 e. The molecule has 0 amide bonds. The maximum atomic E-state index is 5.44. The molecule has 0 saturated carbocycles. The number of rotatable bonds is 5. The molecule has 1 aromatic carbocycles. The van der Waals surface area contributed by atoms with Gasteiger partial charge in [-0.25, -0.2) is 0 Å². The van der Waals surface area contributed by atoms with Gasteiger partial charge in [0, 0.05) is 0 Å². The lowest BCUT2D eigenvalue weighted by Crippen LogP contribution is -1.98. The second kappa shape index (κ2) is 15.2. The lowest BCUT2D eigenvalue weighted by molar-refractivity contribution is 0.744. The zero-order chi connectivity index (χ0) is 13.5. The Bertz CT molecular complexity index is 226. The second-order valence-electron chi connectivity index (χ2n) is 3.42. The summed E-state index contributed by atoms with van der Waals surface area (Å²) in [5.74, 6) is 0. The van der Waals surface area contributed by atoms with Crippen molar-refractivity contribution in [2.75, 3.05) is 6.54 Å². The predicted molar refractivity (Wildman–Crippen MR) is 80.5 cm³/mol. The molecule has 1 heteroatoms. The third-order valence-electron chi connectivity index (χ3n) is 2.35. The summed E-state index contributed by atoms with van der Waals surface area (Å²) in [4.78, 5) is 0. The normalized spacial score (nSPS) is 8.59. The van der Waals surface area contributed by atoms with E-state index in [0.717, 1.165) is 19.4 Å². The van der Waals surface area contributed by atoms with E-state index >= 15 is 0 Å². The van der Waals surface area contributed by atoms with Crippen molar-refractivity contribution in [1.82, 2.24) is 0 Å². The minimum atomic E-state index is 0.813. The molecule has 0 aliphatic carbocycles. The molecular weight excluding hydrogens is 206 g/mol. The monoisotopic (exact) mass is 237 g/mol. The number of hydrogen-bond donors (Lipinski definition) is 1. The van der Waals surface area contributed by atoms with Crippen LogP contribution in [0.25, 0.3) is 0 Å². The van der Waals surface area contributed by atoms with E-state index in [4.69, 9.17) is 5.73 Å². The lowest BCUT2D eigenvalue weighted by atomic mass is 10.1. The van der Waals surface area contributed by atoms with Gasteiger partial charge < -0.3 is 5.73 Å². The maximum absolute atomic E-state index is 5.44. The molecule has 0 aromatic heterocycles. The molecule has 0 heterocycles. The molecule has 0 aliphatic rings. The summed E-state index contributed by atoms with van der Waals surface area (Å²) in [5.41, 5.74) is 8.29. The topological polar surface area (TPSA) is 26.0 Å². The van der Waals surface area contributed by atoms with Gasteiger partial charge in [-0.1, -0.05) is 58.9 Å². The van der Waals surface area contributed by atoms with Crippen molar-refractivity contribution < 1.29 is 0 Å². The molecule has 17 heavy (non-hydrogen) atoms. The van der Waals surface area contributed by atoms with Crippen LogP contribution in [0, 0.1) is 0 Å². The molecule has 0 radical (unpaired) electrons. The van der Waals surface area contributed by atoms with Crippen molar-refractivity contribution in [2.24, 2.45) is 5.73 Å². The highest BCUT2D eigenvalue weighted by Gasteiger charge is 1.93. The van der Waals surface area contributed by atoms with Gasteiger partial charge in [0.05, 0.1) is 0 Å². The molecular formula is C16H31N. The second-order valence-corrected chi connectivity index (χ2v) is 3.42. The molecule has 0 fully saturated rings. The van der Waals surface area contributed by atoms with Crippen LogP contribution >= 0.6 is 0 Å².